The van der Waals surface area contributed by atoms with E-state index in [1.165, 1.54) is 19.3 Å². The summed E-state index contributed by atoms with van der Waals surface area (Å²) in [6.07, 6.45) is 3.61. The summed E-state index contributed by atoms with van der Waals surface area (Å²) in [6.45, 7) is 8.84. The molecule has 0 spiro atoms. The number of hydrogen-bond acceptors (Lipinski definition) is 1. The lowest BCUT2D eigenvalue weighted by molar-refractivity contribution is 0.216. The van der Waals surface area contributed by atoms with Gasteiger partial charge in [0.25, 0.3) is 0 Å². The number of rotatable bonds is 0. The highest BCUT2D eigenvalue weighted by Gasteiger charge is 2.27. The van der Waals surface area contributed by atoms with Gasteiger partial charge in [-0.15, -0.1) is 0 Å². The number of guanidine groups is 1. The number of nitrogens with zero attached hydrogens (tertiary/aromatic N) is 1. The van der Waals surface area contributed by atoms with Crippen molar-refractivity contribution in [2.45, 2.75) is 40.0 Å². The number of likely N-dealkylation sites (tertiary alicyclic amines) is 1. The average Bonchev–Trinajstić information content (AvgIpc) is 2.26. The summed E-state index contributed by atoms with van der Waals surface area (Å²) >= 11 is 0. The molecular formula is C11H23N3. The predicted octanol–water partition coefficient (Wildman–Crippen LogP) is 2.03. The molecule has 0 aromatic carbocycles. The van der Waals surface area contributed by atoms with Crippen LogP contribution in [0.15, 0.2) is 0 Å². The Morgan fingerprint density at radius 3 is 2.43 bits per heavy atom. The van der Waals surface area contributed by atoms with E-state index in [0.717, 1.165) is 19.0 Å². The highest BCUT2D eigenvalue weighted by molar-refractivity contribution is 5.74. The number of hydrogen-bond donors (Lipinski definition) is 2. The Balaban J connectivity index is 2.53. The molecule has 0 aromatic heterocycles. The van der Waals surface area contributed by atoms with Gasteiger partial charge in [0, 0.05) is 13.1 Å². The van der Waals surface area contributed by atoms with Crippen LogP contribution in [0.4, 0.5) is 0 Å². The van der Waals surface area contributed by atoms with Gasteiger partial charge < -0.3 is 10.6 Å². The third-order valence-corrected chi connectivity index (χ3v) is 3.29. The van der Waals surface area contributed by atoms with Gasteiger partial charge in [0.1, 0.15) is 0 Å². The molecule has 1 rings (SSSR count). The van der Waals surface area contributed by atoms with E-state index in [-0.39, 0.29) is 5.96 Å². The molecule has 1 atom stereocenters. The second kappa shape index (κ2) is 4.20. The molecule has 0 aliphatic carbocycles. The fourth-order valence-corrected chi connectivity index (χ4v) is 2.20. The summed E-state index contributed by atoms with van der Waals surface area (Å²) in [6, 6.07) is 0. The van der Waals surface area contributed by atoms with Gasteiger partial charge in [-0.1, -0.05) is 20.8 Å². The zero-order valence-corrected chi connectivity index (χ0v) is 9.64. The fourth-order valence-electron chi connectivity index (χ4n) is 2.20. The van der Waals surface area contributed by atoms with Gasteiger partial charge in [-0.3, -0.25) is 5.41 Å². The van der Waals surface area contributed by atoms with Gasteiger partial charge in [0.15, 0.2) is 5.96 Å². The second-order valence-corrected chi connectivity index (χ2v) is 5.37. The molecule has 0 amide bonds. The topological polar surface area (TPSA) is 53.1 Å². The van der Waals surface area contributed by atoms with Gasteiger partial charge in [0.05, 0.1) is 0 Å². The van der Waals surface area contributed by atoms with Crippen LogP contribution in [-0.4, -0.2) is 23.9 Å². The predicted molar refractivity (Wildman–Crippen MR) is 60.3 cm³/mol. The molecule has 0 aromatic rings. The van der Waals surface area contributed by atoms with E-state index in [0.29, 0.717) is 5.41 Å². The molecule has 1 saturated heterocycles. The Kier molecular flexibility index (Phi) is 3.40. The minimum Gasteiger partial charge on any atom is -0.370 e. The molecule has 1 aliphatic heterocycles. The first-order valence-electron chi connectivity index (χ1n) is 5.50. The Morgan fingerprint density at radius 2 is 1.93 bits per heavy atom. The van der Waals surface area contributed by atoms with Gasteiger partial charge in [-0.25, -0.2) is 0 Å². The van der Waals surface area contributed by atoms with Crippen LogP contribution in [0.1, 0.15) is 40.0 Å². The smallest absolute Gasteiger partial charge is 0.188 e. The van der Waals surface area contributed by atoms with E-state index in [2.05, 4.69) is 20.8 Å². The van der Waals surface area contributed by atoms with Crippen LogP contribution < -0.4 is 5.73 Å². The van der Waals surface area contributed by atoms with Crippen molar-refractivity contribution in [2.75, 3.05) is 13.1 Å². The Labute approximate surface area is 87.2 Å². The summed E-state index contributed by atoms with van der Waals surface area (Å²) in [5.74, 6) is 1.01. The summed E-state index contributed by atoms with van der Waals surface area (Å²) in [5, 5.41) is 7.41. The van der Waals surface area contributed by atoms with E-state index in [9.17, 15) is 0 Å². The van der Waals surface area contributed by atoms with Crippen molar-refractivity contribution in [3.05, 3.63) is 0 Å². The summed E-state index contributed by atoms with van der Waals surface area (Å²) in [4.78, 5) is 1.99. The first-order chi connectivity index (χ1) is 6.41. The van der Waals surface area contributed by atoms with E-state index in [1.807, 2.05) is 4.90 Å². The number of nitrogens with one attached hydrogen (secondary N) is 1. The molecule has 1 heterocycles. The molecule has 3 nitrogen and oxygen atoms in total. The van der Waals surface area contributed by atoms with Crippen molar-refractivity contribution in [3.8, 4) is 0 Å². The molecule has 1 fully saturated rings. The van der Waals surface area contributed by atoms with Crippen molar-refractivity contribution in [1.82, 2.24) is 4.90 Å². The van der Waals surface area contributed by atoms with Crippen LogP contribution in [-0.2, 0) is 0 Å². The van der Waals surface area contributed by atoms with Crippen LogP contribution >= 0.6 is 0 Å². The lowest BCUT2D eigenvalue weighted by Crippen LogP contribution is -2.37. The van der Waals surface area contributed by atoms with Crippen molar-refractivity contribution in [2.24, 2.45) is 17.1 Å². The Hall–Kier alpha value is -0.730. The lowest BCUT2D eigenvalue weighted by Gasteiger charge is -2.29. The molecule has 1 aliphatic rings. The van der Waals surface area contributed by atoms with E-state index < -0.39 is 0 Å². The fraction of sp³-hybridized carbons (Fsp3) is 0.909. The molecule has 0 saturated carbocycles. The Morgan fingerprint density at radius 1 is 1.29 bits per heavy atom. The van der Waals surface area contributed by atoms with E-state index in [1.54, 1.807) is 0 Å². The van der Waals surface area contributed by atoms with Gasteiger partial charge >= 0.3 is 0 Å². The maximum atomic E-state index is 7.41. The third kappa shape index (κ3) is 2.89. The average molecular weight is 197 g/mol. The third-order valence-electron chi connectivity index (χ3n) is 3.29. The lowest BCUT2D eigenvalue weighted by atomic mass is 9.77. The van der Waals surface area contributed by atoms with Crippen LogP contribution in [0, 0.1) is 16.7 Å². The van der Waals surface area contributed by atoms with Crippen molar-refractivity contribution < 1.29 is 0 Å². The normalized spacial score (nSPS) is 24.5. The van der Waals surface area contributed by atoms with Gasteiger partial charge in [0.2, 0.25) is 0 Å². The van der Waals surface area contributed by atoms with Crippen LogP contribution in [0.25, 0.3) is 0 Å². The molecule has 3 N–H and O–H groups in total. The van der Waals surface area contributed by atoms with Crippen molar-refractivity contribution >= 4 is 5.96 Å². The molecule has 14 heavy (non-hydrogen) atoms. The monoisotopic (exact) mass is 197 g/mol. The van der Waals surface area contributed by atoms with Crippen molar-refractivity contribution in [3.63, 3.8) is 0 Å². The van der Waals surface area contributed by atoms with Crippen LogP contribution in [0.2, 0.25) is 0 Å². The van der Waals surface area contributed by atoms with E-state index >= 15 is 0 Å². The standard InChI is InChI=1S/C11H23N3/c1-11(2,3)9-5-4-7-14(8-6-9)10(12)13/h9H,4-8H2,1-3H3,(H3,12,13). The zero-order chi connectivity index (χ0) is 10.8. The van der Waals surface area contributed by atoms with E-state index in [4.69, 9.17) is 11.1 Å². The minimum atomic E-state index is 0.236. The highest BCUT2D eigenvalue weighted by Crippen LogP contribution is 2.34. The first-order valence-corrected chi connectivity index (χ1v) is 5.50. The quantitative estimate of drug-likeness (QED) is 0.461. The highest BCUT2D eigenvalue weighted by atomic mass is 15.2. The molecular weight excluding hydrogens is 174 g/mol. The molecule has 3 heteroatoms. The first kappa shape index (κ1) is 11.3. The molecule has 82 valence electrons. The minimum absolute atomic E-state index is 0.236. The van der Waals surface area contributed by atoms with Crippen LogP contribution in [0.5, 0.6) is 0 Å². The molecule has 0 bridgehead atoms. The largest absolute Gasteiger partial charge is 0.370 e. The molecule has 1 unspecified atom stereocenters. The zero-order valence-electron chi connectivity index (χ0n) is 9.64. The summed E-state index contributed by atoms with van der Waals surface area (Å²) < 4.78 is 0. The maximum Gasteiger partial charge on any atom is 0.188 e. The molecule has 0 radical (unpaired) electrons. The van der Waals surface area contributed by atoms with Crippen molar-refractivity contribution in [1.29, 1.82) is 5.41 Å². The summed E-state index contributed by atoms with van der Waals surface area (Å²) in [7, 11) is 0. The summed E-state index contributed by atoms with van der Waals surface area (Å²) in [5.41, 5.74) is 5.90. The van der Waals surface area contributed by atoms with Gasteiger partial charge in [-0.05, 0) is 30.6 Å². The number of nitrogens with two attached hydrogens (primary N) is 1. The van der Waals surface area contributed by atoms with Crippen LogP contribution in [0.3, 0.4) is 0 Å². The maximum absolute atomic E-state index is 7.41. The van der Waals surface area contributed by atoms with Gasteiger partial charge in [-0.2, -0.15) is 0 Å². The SMILES string of the molecule is CC(C)(C)C1CCCN(C(=N)N)CC1. The Bertz CT molecular complexity index is 205. The second-order valence-electron chi connectivity index (χ2n) is 5.37.